The van der Waals surface area contributed by atoms with Crippen LogP contribution in [0, 0.1) is 50.6 Å². The Labute approximate surface area is 135 Å². The van der Waals surface area contributed by atoms with Gasteiger partial charge in [-0.3, -0.25) is 30.3 Å². The van der Waals surface area contributed by atoms with Gasteiger partial charge in [-0.1, -0.05) is 5.01 Å². The molecule has 25 heavy (non-hydrogen) atoms. The van der Waals surface area contributed by atoms with Gasteiger partial charge in [-0.15, -0.1) is 5.01 Å². The van der Waals surface area contributed by atoms with Crippen LogP contribution in [0.4, 0.5) is 22.7 Å². The van der Waals surface area contributed by atoms with Gasteiger partial charge in [-0.25, -0.2) is 20.2 Å². The van der Waals surface area contributed by atoms with Crippen molar-refractivity contribution in [1.82, 2.24) is 5.01 Å². The van der Waals surface area contributed by atoms with Crippen LogP contribution < -0.4 is 5.01 Å². The first-order chi connectivity index (χ1) is 11.5. The summed E-state index contributed by atoms with van der Waals surface area (Å²) in [5.41, 5.74) is -4.93. The largest absolute Gasteiger partial charge is 0.312 e. The molecule has 0 saturated carbocycles. The summed E-state index contributed by atoms with van der Waals surface area (Å²) in [6.45, 7) is -1.21. The molecule has 17 nitrogen and oxygen atoms in total. The fourth-order valence-electron chi connectivity index (χ4n) is 1.69. The summed E-state index contributed by atoms with van der Waals surface area (Å²) >= 11 is 0. The van der Waals surface area contributed by atoms with Crippen LogP contribution >= 0.6 is 0 Å². The van der Waals surface area contributed by atoms with E-state index in [0.29, 0.717) is 0 Å². The molecule has 1 rings (SSSR count). The maximum atomic E-state index is 11.1. The molecule has 0 saturated heterocycles. The average molecular weight is 361 g/mol. The maximum absolute atomic E-state index is 11.1. The van der Waals surface area contributed by atoms with Crippen LogP contribution in [0.5, 0.6) is 0 Å². The second-order valence-electron chi connectivity index (χ2n) is 4.28. The number of anilines is 1. The number of nitrogens with zero attached hydrogens (tertiary/aromatic N) is 7. The Morgan fingerprint density at radius 1 is 0.800 bits per heavy atom. The minimum atomic E-state index is -1.35. The fraction of sp³-hybridized carbons (Fsp3) is 0.250. The van der Waals surface area contributed by atoms with Crippen molar-refractivity contribution in [2.75, 3.05) is 18.7 Å². The molecule has 0 unspecified atom stereocenters. The third kappa shape index (κ3) is 3.97. The molecule has 0 aliphatic carbocycles. The maximum Gasteiger partial charge on any atom is 0.312 e. The molecule has 1 aromatic rings. The van der Waals surface area contributed by atoms with Crippen molar-refractivity contribution < 1.29 is 24.8 Å². The lowest BCUT2D eigenvalue weighted by Crippen LogP contribution is -2.42. The van der Waals surface area contributed by atoms with Gasteiger partial charge in [-0.05, 0) is 0 Å². The quantitative estimate of drug-likeness (QED) is 0.350. The standard InChI is InChI=1S/C8H7N7O10/c1-9(14(22)23)4-10(15(24)25)8-6(12(18)19)2-5(11(16)17)3-7(8)13(20)21/h2-3H,4H2,1H3. The Balaban J connectivity index is 3.75. The molecule has 0 aliphatic rings. The van der Waals surface area contributed by atoms with Crippen LogP contribution in [0.2, 0.25) is 0 Å². The highest BCUT2D eigenvalue weighted by Gasteiger charge is 2.40. The number of nitro benzene ring substituents is 3. The van der Waals surface area contributed by atoms with Crippen LogP contribution in [-0.2, 0) is 0 Å². The molecule has 0 amide bonds. The van der Waals surface area contributed by atoms with E-state index in [1.54, 1.807) is 0 Å². The summed E-state index contributed by atoms with van der Waals surface area (Å²) in [5.74, 6) is 0. The number of nitro groups is 5. The predicted octanol–water partition coefficient (Wildman–Crippen LogP) is 0.490. The minimum Gasteiger partial charge on any atom is -0.258 e. The highest BCUT2D eigenvalue weighted by molar-refractivity contribution is 5.77. The smallest absolute Gasteiger partial charge is 0.258 e. The summed E-state index contributed by atoms with van der Waals surface area (Å²) < 4.78 is 0. The van der Waals surface area contributed by atoms with E-state index < -0.39 is 54.3 Å². The van der Waals surface area contributed by atoms with E-state index >= 15 is 0 Å². The Bertz CT molecular complexity index is 744. The summed E-state index contributed by atoms with van der Waals surface area (Å²) in [7, 11) is 0.777. The molecule has 0 heterocycles. The summed E-state index contributed by atoms with van der Waals surface area (Å²) in [5, 5.41) is 52.1. The summed E-state index contributed by atoms with van der Waals surface area (Å²) in [6.07, 6.45) is 0. The van der Waals surface area contributed by atoms with Gasteiger partial charge in [-0.2, -0.15) is 0 Å². The zero-order valence-corrected chi connectivity index (χ0v) is 12.1. The molecule has 0 fully saturated rings. The Morgan fingerprint density at radius 3 is 1.52 bits per heavy atom. The van der Waals surface area contributed by atoms with Crippen molar-refractivity contribution in [3.05, 3.63) is 62.7 Å². The van der Waals surface area contributed by atoms with Gasteiger partial charge in [0.25, 0.3) is 11.4 Å². The Morgan fingerprint density at radius 2 is 1.24 bits per heavy atom. The van der Waals surface area contributed by atoms with Gasteiger partial charge in [0, 0.05) is 0 Å². The van der Waals surface area contributed by atoms with E-state index in [4.69, 9.17) is 0 Å². The van der Waals surface area contributed by atoms with Gasteiger partial charge >= 0.3 is 11.4 Å². The van der Waals surface area contributed by atoms with Crippen LogP contribution in [0.3, 0.4) is 0 Å². The van der Waals surface area contributed by atoms with Crippen LogP contribution in [-0.4, -0.2) is 43.6 Å². The molecule has 0 atom stereocenters. The number of hydrogen-bond donors (Lipinski definition) is 0. The molecule has 0 bridgehead atoms. The van der Waals surface area contributed by atoms with Crippen LogP contribution in [0.15, 0.2) is 12.1 Å². The zero-order chi connectivity index (χ0) is 19.5. The lowest BCUT2D eigenvalue weighted by atomic mass is 10.2. The Hall–Kier alpha value is -4.18. The van der Waals surface area contributed by atoms with Crippen molar-refractivity contribution >= 4 is 22.7 Å². The first-order valence-electron chi connectivity index (χ1n) is 5.85. The Kier molecular flexibility index (Phi) is 5.23. The van der Waals surface area contributed by atoms with E-state index in [9.17, 15) is 50.6 Å². The molecule has 17 heteroatoms. The summed E-state index contributed by atoms with van der Waals surface area (Å²) in [6, 6.07) is 0.565. The van der Waals surface area contributed by atoms with Crippen LogP contribution in [0.25, 0.3) is 0 Å². The topological polar surface area (TPSA) is 222 Å². The molecule has 1 aromatic carbocycles. The van der Waals surface area contributed by atoms with Gasteiger partial charge in [0.15, 0.2) is 10.1 Å². The molecule has 0 N–H and O–H groups in total. The van der Waals surface area contributed by atoms with Crippen LogP contribution in [0.1, 0.15) is 0 Å². The fourth-order valence-corrected chi connectivity index (χ4v) is 1.69. The normalized spacial score (nSPS) is 9.96. The van der Waals surface area contributed by atoms with E-state index in [2.05, 4.69) is 0 Å². The van der Waals surface area contributed by atoms with Crippen molar-refractivity contribution in [2.24, 2.45) is 0 Å². The monoisotopic (exact) mass is 361 g/mol. The first-order valence-corrected chi connectivity index (χ1v) is 5.85. The first kappa shape index (κ1) is 18.9. The van der Waals surface area contributed by atoms with E-state index in [0.717, 1.165) is 7.05 Å². The molecule has 0 aromatic heterocycles. The second-order valence-corrected chi connectivity index (χ2v) is 4.28. The van der Waals surface area contributed by atoms with E-state index in [1.807, 2.05) is 0 Å². The number of hydrogen-bond acceptors (Lipinski definition) is 10. The molecule has 0 spiro atoms. The number of rotatable bonds is 8. The lowest BCUT2D eigenvalue weighted by molar-refractivity contribution is -0.657. The predicted molar refractivity (Wildman–Crippen MR) is 75.5 cm³/mol. The third-order valence-electron chi connectivity index (χ3n) is 2.73. The molecule has 134 valence electrons. The highest BCUT2D eigenvalue weighted by atomic mass is 16.7. The highest BCUT2D eigenvalue weighted by Crippen LogP contribution is 2.41. The molecule has 0 radical (unpaired) electrons. The number of non-ortho nitro benzene ring substituents is 1. The average Bonchev–Trinajstić information content (AvgIpc) is 2.50. The van der Waals surface area contributed by atoms with Crippen molar-refractivity contribution in [1.29, 1.82) is 0 Å². The van der Waals surface area contributed by atoms with E-state index in [1.165, 1.54) is 0 Å². The molecule has 0 aliphatic heterocycles. The van der Waals surface area contributed by atoms with E-state index in [-0.39, 0.29) is 22.2 Å². The third-order valence-corrected chi connectivity index (χ3v) is 2.73. The van der Waals surface area contributed by atoms with Crippen molar-refractivity contribution in [3.63, 3.8) is 0 Å². The summed E-state index contributed by atoms with van der Waals surface area (Å²) in [4.78, 5) is 50.9. The van der Waals surface area contributed by atoms with Crippen molar-refractivity contribution in [3.8, 4) is 0 Å². The molecular formula is C8H7N7O10. The van der Waals surface area contributed by atoms with Gasteiger partial charge in [0.2, 0.25) is 6.67 Å². The lowest BCUT2D eigenvalue weighted by Gasteiger charge is -2.16. The van der Waals surface area contributed by atoms with Gasteiger partial charge in [0.05, 0.1) is 34.0 Å². The number of benzene rings is 1. The SMILES string of the molecule is CN(CN(c1c([N+](=O)[O-])cc([N+](=O)[O-])cc1[N+](=O)[O-])[N+](=O)[O-])[N+](=O)[O-]. The van der Waals surface area contributed by atoms with Gasteiger partial charge < -0.3 is 0 Å². The molecular weight excluding hydrogens is 354 g/mol. The number of hydrazine groups is 2. The second kappa shape index (κ2) is 6.93. The zero-order valence-electron chi connectivity index (χ0n) is 12.1. The van der Waals surface area contributed by atoms with Gasteiger partial charge in [0.1, 0.15) is 0 Å². The minimum absolute atomic E-state index is 0.137. The van der Waals surface area contributed by atoms with Crippen molar-refractivity contribution in [2.45, 2.75) is 0 Å².